The topological polar surface area (TPSA) is 134 Å². The summed E-state index contributed by atoms with van der Waals surface area (Å²) in [7, 11) is 11.1. The molecular weight excluding hydrogens is 492 g/mol. The van der Waals surface area contributed by atoms with Gasteiger partial charge in [0, 0.05) is 35.4 Å². The number of nitrogen functional groups attached to an aromatic ring is 1. The first kappa shape index (κ1) is 28.0. The molecule has 0 bridgehead atoms. The number of hydrogen-bond donors (Lipinski definition) is 2. The van der Waals surface area contributed by atoms with Gasteiger partial charge in [0.05, 0.1) is 19.9 Å². The zero-order valence-corrected chi connectivity index (χ0v) is 23.1. The maximum atomic E-state index is 13.5. The van der Waals surface area contributed by atoms with Crippen molar-refractivity contribution in [1.82, 2.24) is 25.3 Å². The van der Waals surface area contributed by atoms with E-state index >= 15 is 0 Å². The molecule has 0 radical (unpaired) electrons. The maximum Gasteiger partial charge on any atom is 0.270 e. The first-order valence-electron chi connectivity index (χ1n) is 12.5. The minimum absolute atomic E-state index is 0.0149. The average Bonchev–Trinajstić information content (AvgIpc) is 2.92. The lowest BCUT2D eigenvalue weighted by Crippen LogP contribution is -2.48. The van der Waals surface area contributed by atoms with E-state index in [1.807, 2.05) is 46.2 Å². The number of methoxy groups -OCH3 is 2. The molecule has 0 aliphatic carbocycles. The molecule has 1 aromatic carbocycles. The Balaban J connectivity index is 1.62. The summed E-state index contributed by atoms with van der Waals surface area (Å²) in [6, 6.07) is 13.0. The molecule has 14 heteroatoms. The summed E-state index contributed by atoms with van der Waals surface area (Å²) in [5, 5.41) is 2.29. The van der Waals surface area contributed by atoms with E-state index in [4.69, 9.17) is 24.9 Å². The molecule has 0 unspecified atom stereocenters. The number of hydrogen-bond acceptors (Lipinski definition) is 9. The molecule has 0 aliphatic rings. The van der Waals surface area contributed by atoms with Crippen molar-refractivity contribution in [3.63, 3.8) is 0 Å². The van der Waals surface area contributed by atoms with Crippen molar-refractivity contribution >= 4 is 54.1 Å². The van der Waals surface area contributed by atoms with E-state index in [0.717, 1.165) is 11.3 Å². The minimum atomic E-state index is -0.836. The van der Waals surface area contributed by atoms with Crippen LogP contribution < -0.4 is 20.5 Å². The largest absolute Gasteiger partial charge is 0.494 e. The minimum Gasteiger partial charge on any atom is -0.494 e. The Kier molecular flexibility index (Phi) is 8.15. The van der Waals surface area contributed by atoms with Gasteiger partial charge in [0.25, 0.3) is 5.91 Å². The van der Waals surface area contributed by atoms with Crippen LogP contribution in [0.5, 0.6) is 11.5 Å². The molecule has 0 aliphatic heterocycles. The second-order valence-electron chi connectivity index (χ2n) is 10.1. The van der Waals surface area contributed by atoms with Gasteiger partial charge in [-0.25, -0.2) is 9.97 Å². The number of rotatable bonds is 10. The SMILES string of the molecule is BC(B)(NC(=O)c1nc(N)nc2c(OC)cccc12)c1cccc(C(B)(B)c2cncc(OCCOC)c2)n1. The lowest BCUT2D eigenvalue weighted by Gasteiger charge is -2.30. The van der Waals surface area contributed by atoms with Gasteiger partial charge in [-0.2, -0.15) is 0 Å². The van der Waals surface area contributed by atoms with Crippen molar-refractivity contribution in [3.8, 4) is 11.5 Å². The molecule has 4 aromatic rings. The predicted octanol–water partition coefficient (Wildman–Crippen LogP) is -1.69. The number of amides is 1. The van der Waals surface area contributed by atoms with Gasteiger partial charge in [-0.05, 0) is 35.0 Å². The second kappa shape index (κ2) is 11.4. The normalized spacial score (nSPS) is 11.7. The molecule has 0 spiro atoms. The van der Waals surface area contributed by atoms with Crippen LogP contribution in [0, 0.1) is 0 Å². The number of ether oxygens (including phenoxy) is 3. The highest BCUT2D eigenvalue weighted by atomic mass is 16.5. The van der Waals surface area contributed by atoms with E-state index in [9.17, 15) is 4.79 Å². The molecule has 4 rings (SSSR count). The Labute approximate surface area is 231 Å². The lowest BCUT2D eigenvalue weighted by molar-refractivity contribution is 0.0938. The van der Waals surface area contributed by atoms with Crippen molar-refractivity contribution in [2.24, 2.45) is 0 Å². The molecule has 3 aromatic heterocycles. The molecule has 196 valence electrons. The van der Waals surface area contributed by atoms with Crippen LogP contribution in [-0.4, -0.2) is 84.7 Å². The Morgan fingerprint density at radius 3 is 2.46 bits per heavy atom. The molecule has 39 heavy (non-hydrogen) atoms. The number of aromatic nitrogens is 4. The van der Waals surface area contributed by atoms with Crippen LogP contribution in [0.1, 0.15) is 27.4 Å². The second-order valence-corrected chi connectivity index (χ2v) is 10.1. The summed E-state index contributed by atoms with van der Waals surface area (Å²) in [6.45, 7) is 0.923. The molecule has 0 saturated heterocycles. The third kappa shape index (κ3) is 6.01. The molecule has 0 atom stereocenters. The Bertz CT molecular complexity index is 1500. The van der Waals surface area contributed by atoms with E-state index < -0.39 is 16.5 Å². The fourth-order valence-electron chi connectivity index (χ4n) is 4.25. The van der Waals surface area contributed by atoms with Gasteiger partial charge in [-0.1, -0.05) is 18.2 Å². The first-order chi connectivity index (χ1) is 18.6. The standard InChI is InChI=1S/C25H30B4N6O4/c1-37-9-10-39-15-11-14(12-31-13-15)24(26,27)18-7-4-8-19(32-18)25(28,29)35-22(36)21-16-5-3-6-17(38-2)20(16)33-23(30)34-21/h3-8,11-13H,9-10,26-29H2,1-2H3,(H,35,36)(H2,30,33,34). The van der Waals surface area contributed by atoms with Gasteiger partial charge < -0.3 is 25.3 Å². The van der Waals surface area contributed by atoms with Gasteiger partial charge in [-0.15, -0.1) is 0 Å². The highest BCUT2D eigenvalue weighted by Gasteiger charge is 2.30. The summed E-state index contributed by atoms with van der Waals surface area (Å²) < 4.78 is 16.2. The molecule has 0 fully saturated rings. The molecule has 0 saturated carbocycles. The highest BCUT2D eigenvalue weighted by molar-refractivity contribution is 6.42. The number of nitrogens with zero attached hydrogens (tertiary/aromatic N) is 4. The van der Waals surface area contributed by atoms with Crippen LogP contribution >= 0.6 is 0 Å². The van der Waals surface area contributed by atoms with Crippen LogP contribution in [-0.2, 0) is 15.3 Å². The van der Waals surface area contributed by atoms with E-state index in [2.05, 4.69) is 36.0 Å². The lowest BCUT2D eigenvalue weighted by atomic mass is 9.49. The molecule has 3 N–H and O–H groups in total. The van der Waals surface area contributed by atoms with Gasteiger partial charge >= 0.3 is 0 Å². The van der Waals surface area contributed by atoms with Gasteiger partial charge in [0.2, 0.25) is 5.95 Å². The summed E-state index contributed by atoms with van der Waals surface area (Å²) >= 11 is 0. The van der Waals surface area contributed by atoms with Crippen LogP contribution in [0.15, 0.2) is 54.9 Å². The third-order valence-corrected chi connectivity index (χ3v) is 6.59. The fourth-order valence-corrected chi connectivity index (χ4v) is 4.25. The molecule has 3 heterocycles. The Morgan fingerprint density at radius 1 is 0.974 bits per heavy atom. The highest BCUT2D eigenvalue weighted by Crippen LogP contribution is 2.29. The Hall–Kier alpha value is -4.05. The smallest absolute Gasteiger partial charge is 0.270 e. The van der Waals surface area contributed by atoms with Crippen LogP contribution in [0.4, 0.5) is 5.95 Å². The number of nitrogens with two attached hydrogens (primary N) is 1. The Morgan fingerprint density at radius 2 is 1.72 bits per heavy atom. The number of carbonyl (C=O) groups excluding carboxylic acids is 1. The van der Waals surface area contributed by atoms with Gasteiger partial charge in [-0.3, -0.25) is 14.8 Å². The van der Waals surface area contributed by atoms with Crippen molar-refractivity contribution in [1.29, 1.82) is 0 Å². The number of anilines is 1. The van der Waals surface area contributed by atoms with E-state index in [-0.39, 0.29) is 11.6 Å². The number of nitrogens with one attached hydrogen (secondary N) is 1. The number of carbonyl (C=O) groups is 1. The van der Waals surface area contributed by atoms with E-state index in [1.165, 1.54) is 7.11 Å². The number of fused-ring (bicyclic) bond motifs is 1. The van der Waals surface area contributed by atoms with Crippen molar-refractivity contribution in [3.05, 3.63) is 77.5 Å². The monoisotopic (exact) mass is 522 g/mol. The van der Waals surface area contributed by atoms with Gasteiger partial charge in [0.15, 0.2) is 0 Å². The van der Waals surface area contributed by atoms with Crippen LogP contribution in [0.3, 0.4) is 0 Å². The summed E-state index contributed by atoms with van der Waals surface area (Å²) in [6.07, 6.45) is 3.49. The van der Waals surface area contributed by atoms with Gasteiger partial charge in [0.1, 0.15) is 60.7 Å². The zero-order valence-electron chi connectivity index (χ0n) is 23.1. The number of para-hydroxylation sites is 1. The van der Waals surface area contributed by atoms with Crippen molar-refractivity contribution in [2.75, 3.05) is 33.2 Å². The third-order valence-electron chi connectivity index (χ3n) is 6.59. The summed E-state index contributed by atoms with van der Waals surface area (Å²) in [5.74, 6) is 0.756. The number of benzene rings is 1. The van der Waals surface area contributed by atoms with Crippen LogP contribution in [0.2, 0.25) is 0 Å². The van der Waals surface area contributed by atoms with Crippen molar-refractivity contribution in [2.45, 2.75) is 10.6 Å². The molecule has 1 amide bonds. The summed E-state index contributed by atoms with van der Waals surface area (Å²) in [4.78, 5) is 31.3. The zero-order chi connectivity index (χ0) is 28.2. The first-order valence-corrected chi connectivity index (χ1v) is 12.5. The quantitative estimate of drug-likeness (QED) is 0.185. The molecular formula is C25H30B4N6O4. The van der Waals surface area contributed by atoms with E-state index in [0.29, 0.717) is 41.3 Å². The van der Waals surface area contributed by atoms with E-state index in [1.54, 1.807) is 31.5 Å². The number of pyridine rings is 2. The fraction of sp³-hybridized carbons (Fsp3) is 0.240. The predicted molar refractivity (Wildman–Crippen MR) is 160 cm³/mol. The van der Waals surface area contributed by atoms with Crippen molar-refractivity contribution < 1.29 is 19.0 Å². The average molecular weight is 522 g/mol. The molecule has 10 nitrogen and oxygen atoms in total. The maximum absolute atomic E-state index is 13.5. The summed E-state index contributed by atoms with van der Waals surface area (Å²) in [5.41, 5.74) is 9.02. The van der Waals surface area contributed by atoms with Crippen LogP contribution in [0.25, 0.3) is 10.9 Å².